The molecule has 0 bridgehead atoms. The van der Waals surface area contributed by atoms with E-state index in [2.05, 4.69) is 36.9 Å². The molecule has 11 heteroatoms. The van der Waals surface area contributed by atoms with E-state index in [4.69, 9.17) is 9.26 Å². The van der Waals surface area contributed by atoms with Crippen molar-refractivity contribution in [1.29, 1.82) is 0 Å². The minimum atomic E-state index is -0.957. The van der Waals surface area contributed by atoms with E-state index in [9.17, 15) is 13.6 Å². The number of amides is 1. The molecule has 190 valence electrons. The van der Waals surface area contributed by atoms with Crippen LogP contribution in [0.15, 0.2) is 41.7 Å². The summed E-state index contributed by atoms with van der Waals surface area (Å²) in [6.45, 7) is 7.33. The average molecular weight is 499 g/mol. The fourth-order valence-corrected chi connectivity index (χ4v) is 4.10. The number of anilines is 1. The lowest BCUT2D eigenvalue weighted by Crippen LogP contribution is -2.34. The van der Waals surface area contributed by atoms with Gasteiger partial charge in [0.05, 0.1) is 12.2 Å². The number of aromatic nitrogens is 4. The Balaban J connectivity index is 1.20. The van der Waals surface area contributed by atoms with Crippen molar-refractivity contribution in [2.24, 2.45) is 5.92 Å². The Kier molecular flexibility index (Phi) is 8.19. The van der Waals surface area contributed by atoms with Crippen molar-refractivity contribution < 1.29 is 22.8 Å². The van der Waals surface area contributed by atoms with Gasteiger partial charge in [-0.15, -0.1) is 6.58 Å². The molecule has 1 N–H and O–H groups in total. The van der Waals surface area contributed by atoms with Crippen molar-refractivity contribution in [3.8, 4) is 17.1 Å². The van der Waals surface area contributed by atoms with Gasteiger partial charge in [0.2, 0.25) is 17.7 Å². The predicted molar refractivity (Wildman–Crippen MR) is 129 cm³/mol. The number of nitrogens with one attached hydrogen (secondary N) is 1. The fraction of sp³-hybridized carbons (Fsp3) is 0.400. The first kappa shape index (κ1) is 25.2. The molecule has 1 amide bonds. The second kappa shape index (κ2) is 11.7. The molecule has 0 spiro atoms. The largest absolute Gasteiger partial charge is 0.493 e. The Labute approximate surface area is 207 Å². The van der Waals surface area contributed by atoms with E-state index in [1.54, 1.807) is 19.3 Å². The lowest BCUT2D eigenvalue weighted by molar-refractivity contribution is 0.0949. The van der Waals surface area contributed by atoms with Gasteiger partial charge in [-0.3, -0.25) is 4.79 Å². The molecule has 3 aromatic rings. The minimum absolute atomic E-state index is 0.0664. The average Bonchev–Trinajstić information content (AvgIpc) is 3.31. The number of nitrogens with zero attached hydrogens (tertiary/aromatic N) is 5. The first-order valence-corrected chi connectivity index (χ1v) is 11.8. The first-order valence-electron chi connectivity index (χ1n) is 11.8. The predicted octanol–water partition coefficient (Wildman–Crippen LogP) is 4.10. The monoisotopic (exact) mass is 498 g/mol. The molecule has 0 unspecified atom stereocenters. The molecule has 1 saturated heterocycles. The van der Waals surface area contributed by atoms with Crippen molar-refractivity contribution in [2.75, 3.05) is 31.1 Å². The summed E-state index contributed by atoms with van der Waals surface area (Å²) >= 11 is 0. The zero-order valence-electron chi connectivity index (χ0n) is 20.0. The number of rotatable bonds is 10. The van der Waals surface area contributed by atoms with Crippen LogP contribution >= 0.6 is 0 Å². The van der Waals surface area contributed by atoms with Gasteiger partial charge < -0.3 is 19.5 Å². The molecule has 1 aliphatic rings. The number of ether oxygens (including phenoxy) is 1. The van der Waals surface area contributed by atoms with E-state index in [1.165, 1.54) is 6.08 Å². The maximum Gasteiger partial charge on any atom is 0.257 e. The highest BCUT2D eigenvalue weighted by Crippen LogP contribution is 2.26. The highest BCUT2D eigenvalue weighted by Gasteiger charge is 2.22. The number of carbonyl (C=O) groups is 1. The van der Waals surface area contributed by atoms with Gasteiger partial charge in [-0.1, -0.05) is 11.2 Å². The molecule has 0 saturated carbocycles. The molecule has 0 aliphatic carbocycles. The number of hydrogen-bond donors (Lipinski definition) is 1. The van der Waals surface area contributed by atoms with Gasteiger partial charge in [-0.25, -0.2) is 18.7 Å². The second-order valence-corrected chi connectivity index (χ2v) is 8.59. The van der Waals surface area contributed by atoms with Crippen molar-refractivity contribution in [3.63, 3.8) is 0 Å². The molecule has 2 aromatic heterocycles. The van der Waals surface area contributed by atoms with Crippen molar-refractivity contribution in [3.05, 3.63) is 60.3 Å². The molecule has 1 aliphatic heterocycles. The van der Waals surface area contributed by atoms with E-state index in [-0.39, 0.29) is 12.3 Å². The van der Waals surface area contributed by atoms with Crippen LogP contribution in [0.3, 0.4) is 0 Å². The zero-order valence-corrected chi connectivity index (χ0v) is 20.0. The van der Waals surface area contributed by atoms with Crippen LogP contribution in [0.5, 0.6) is 5.75 Å². The summed E-state index contributed by atoms with van der Waals surface area (Å²) in [6, 6.07) is 2.07. The van der Waals surface area contributed by atoms with Gasteiger partial charge in [-0.05, 0) is 31.6 Å². The summed E-state index contributed by atoms with van der Waals surface area (Å²) in [4.78, 5) is 27.1. The highest BCUT2D eigenvalue weighted by atomic mass is 19.1. The molecule has 1 fully saturated rings. The highest BCUT2D eigenvalue weighted by molar-refractivity contribution is 5.95. The summed E-state index contributed by atoms with van der Waals surface area (Å²) in [6.07, 6.45) is 8.51. The van der Waals surface area contributed by atoms with Crippen LogP contribution in [0.1, 0.15) is 41.9 Å². The van der Waals surface area contributed by atoms with Gasteiger partial charge in [0.1, 0.15) is 22.9 Å². The molecular weight excluding hydrogens is 470 g/mol. The molecule has 36 heavy (non-hydrogen) atoms. The Bertz CT molecular complexity index is 1170. The van der Waals surface area contributed by atoms with Crippen LogP contribution in [0.2, 0.25) is 0 Å². The van der Waals surface area contributed by atoms with Gasteiger partial charge in [-0.2, -0.15) is 4.98 Å². The molecule has 0 atom stereocenters. The Morgan fingerprint density at radius 2 is 1.94 bits per heavy atom. The Hall–Kier alpha value is -3.89. The number of piperidine rings is 1. The normalized spacial score (nSPS) is 14.0. The standard InChI is InChI=1S/C25H28F2N6O3/c1-3-8-28-24(34)22-20(26)12-19(13-21(22)27)35-11-4-5-17-6-9-33(10-7-17)25-29-14-18(15-30-25)23-31-16(2)36-32-23/h3,12-15,17H,1,4-11H2,2H3,(H,28,34). The molecule has 9 nitrogen and oxygen atoms in total. The van der Waals surface area contributed by atoms with Crippen LogP contribution in [0.4, 0.5) is 14.7 Å². The minimum Gasteiger partial charge on any atom is -0.493 e. The smallest absolute Gasteiger partial charge is 0.257 e. The third-order valence-corrected chi connectivity index (χ3v) is 6.00. The maximum atomic E-state index is 14.2. The molecule has 4 rings (SSSR count). The number of benzene rings is 1. The number of hydrogen-bond acceptors (Lipinski definition) is 8. The van der Waals surface area contributed by atoms with Gasteiger partial charge in [0, 0.05) is 51.1 Å². The van der Waals surface area contributed by atoms with E-state index in [0.717, 1.165) is 50.9 Å². The topological polar surface area (TPSA) is 106 Å². The van der Waals surface area contributed by atoms with Gasteiger partial charge >= 0.3 is 0 Å². The van der Waals surface area contributed by atoms with Crippen LogP contribution in [-0.2, 0) is 0 Å². The first-order chi connectivity index (χ1) is 17.4. The zero-order chi connectivity index (χ0) is 25.5. The van der Waals surface area contributed by atoms with E-state index < -0.39 is 23.1 Å². The van der Waals surface area contributed by atoms with Crippen LogP contribution in [0.25, 0.3) is 11.4 Å². The molecule has 0 radical (unpaired) electrons. The van der Waals surface area contributed by atoms with Crippen molar-refractivity contribution >= 4 is 11.9 Å². The number of carbonyl (C=O) groups excluding carboxylic acids is 1. The Morgan fingerprint density at radius 1 is 1.25 bits per heavy atom. The summed E-state index contributed by atoms with van der Waals surface area (Å²) < 4.78 is 39.0. The van der Waals surface area contributed by atoms with Crippen molar-refractivity contribution in [2.45, 2.75) is 32.6 Å². The van der Waals surface area contributed by atoms with E-state index in [1.807, 2.05) is 0 Å². The molecule has 3 heterocycles. The third-order valence-electron chi connectivity index (χ3n) is 6.00. The Morgan fingerprint density at radius 3 is 2.56 bits per heavy atom. The van der Waals surface area contributed by atoms with E-state index >= 15 is 0 Å². The third kappa shape index (κ3) is 6.21. The molecular formula is C25H28F2N6O3. The fourth-order valence-electron chi connectivity index (χ4n) is 4.10. The maximum absolute atomic E-state index is 14.2. The molecule has 1 aromatic carbocycles. The van der Waals surface area contributed by atoms with Crippen molar-refractivity contribution in [1.82, 2.24) is 25.4 Å². The van der Waals surface area contributed by atoms with Crippen LogP contribution in [0, 0.1) is 24.5 Å². The summed E-state index contributed by atoms with van der Waals surface area (Å²) in [5.74, 6) is -0.522. The summed E-state index contributed by atoms with van der Waals surface area (Å²) in [5, 5.41) is 6.24. The SMILES string of the molecule is C=CCNC(=O)c1c(F)cc(OCCCC2CCN(c3ncc(-c4noc(C)n4)cn3)CC2)cc1F. The van der Waals surface area contributed by atoms with E-state index in [0.29, 0.717) is 35.8 Å². The van der Waals surface area contributed by atoms with Crippen LogP contribution in [-0.4, -0.2) is 52.3 Å². The lowest BCUT2D eigenvalue weighted by Gasteiger charge is -2.32. The summed E-state index contributed by atoms with van der Waals surface area (Å²) in [7, 11) is 0. The van der Waals surface area contributed by atoms with Gasteiger partial charge in [0.25, 0.3) is 5.91 Å². The second-order valence-electron chi connectivity index (χ2n) is 8.59. The number of halogens is 2. The van der Waals surface area contributed by atoms with Crippen LogP contribution < -0.4 is 15.0 Å². The lowest BCUT2D eigenvalue weighted by atomic mass is 9.92. The summed E-state index contributed by atoms with van der Waals surface area (Å²) in [5.41, 5.74) is 0.0790. The van der Waals surface area contributed by atoms with Gasteiger partial charge in [0.15, 0.2) is 0 Å². The number of aryl methyl sites for hydroxylation is 1. The quantitative estimate of drug-likeness (QED) is 0.329.